The molecule has 0 amide bonds. The number of aliphatic imine (C=N–C) groups is 1. The molecule has 1 N–H and O–H groups in total. The van der Waals surface area contributed by atoms with Crippen molar-refractivity contribution in [2.24, 2.45) is 4.99 Å². The number of fused-ring (bicyclic) bond motifs is 2. The van der Waals surface area contributed by atoms with E-state index in [0.29, 0.717) is 16.6 Å². The van der Waals surface area contributed by atoms with Crippen molar-refractivity contribution in [3.63, 3.8) is 0 Å². The molecule has 0 aliphatic carbocycles. The molecule has 6 nitrogen and oxygen atoms in total. The zero-order valence-electron chi connectivity index (χ0n) is 15.9. The molecule has 0 unspecified atom stereocenters. The Balaban J connectivity index is 1.68. The van der Waals surface area contributed by atoms with Crippen molar-refractivity contribution in [1.29, 1.82) is 5.26 Å². The molecule has 1 aliphatic heterocycles. The fraction of sp³-hybridized carbons (Fsp3) is 0. The van der Waals surface area contributed by atoms with Crippen LogP contribution in [0.25, 0.3) is 0 Å². The van der Waals surface area contributed by atoms with Gasteiger partial charge in [0.05, 0.1) is 5.69 Å². The van der Waals surface area contributed by atoms with E-state index in [1.54, 1.807) is 36.0 Å². The predicted molar refractivity (Wildman–Crippen MR) is 120 cm³/mol. The molecule has 8 heteroatoms. The van der Waals surface area contributed by atoms with Crippen LogP contribution in [0.1, 0.15) is 11.1 Å². The number of hydrogen-bond donors (Lipinski definition) is 1. The Kier molecular flexibility index (Phi) is 4.86. The van der Waals surface area contributed by atoms with Gasteiger partial charge >= 0.3 is 0 Å². The summed E-state index contributed by atoms with van der Waals surface area (Å²) in [5.74, 6) is 0.874. The largest absolute Gasteiger partial charge is 0.438 e. The topological polar surface area (TPSA) is 83.2 Å². The standard InChI is InChI=1S/C23H13ClN4O2S/c24-14-9-11-15(12-10-14)30-22-17(13-25)23(29)28(27-22)21-16-5-1-3-7-19(16)31-20-8-4-2-6-18(20)26-21/h1-12,27H. The molecule has 2 heterocycles. The molecular formula is C23H13ClN4O2S. The molecule has 3 aromatic carbocycles. The number of halogens is 1. The average molecular weight is 445 g/mol. The first kappa shape index (κ1) is 19.2. The maximum atomic E-state index is 13.1. The highest BCUT2D eigenvalue weighted by Gasteiger charge is 2.24. The zero-order chi connectivity index (χ0) is 21.4. The van der Waals surface area contributed by atoms with Crippen LogP contribution in [-0.4, -0.2) is 15.6 Å². The highest BCUT2D eigenvalue weighted by Crippen LogP contribution is 2.40. The van der Waals surface area contributed by atoms with Crippen molar-refractivity contribution in [2.75, 3.05) is 0 Å². The molecule has 31 heavy (non-hydrogen) atoms. The van der Waals surface area contributed by atoms with E-state index in [1.165, 1.54) is 4.68 Å². The van der Waals surface area contributed by atoms with Crippen molar-refractivity contribution >= 4 is 34.9 Å². The summed E-state index contributed by atoms with van der Waals surface area (Å²) in [4.78, 5) is 19.8. The molecule has 4 aromatic rings. The fourth-order valence-corrected chi connectivity index (χ4v) is 4.34. The number of nitrogens with zero attached hydrogens (tertiary/aromatic N) is 3. The second-order valence-electron chi connectivity index (χ2n) is 6.63. The first-order valence-electron chi connectivity index (χ1n) is 9.28. The van der Waals surface area contributed by atoms with Crippen molar-refractivity contribution in [1.82, 2.24) is 9.78 Å². The second-order valence-corrected chi connectivity index (χ2v) is 8.15. The van der Waals surface area contributed by atoms with Gasteiger partial charge in [0.2, 0.25) is 5.88 Å². The molecule has 0 fully saturated rings. The Bertz CT molecular complexity index is 1430. The minimum Gasteiger partial charge on any atom is -0.438 e. The number of rotatable bonds is 2. The van der Waals surface area contributed by atoms with Crippen LogP contribution >= 0.6 is 23.4 Å². The van der Waals surface area contributed by atoms with Gasteiger partial charge in [-0.15, -0.1) is 0 Å². The lowest BCUT2D eigenvalue weighted by atomic mass is 10.2. The predicted octanol–water partition coefficient (Wildman–Crippen LogP) is 5.58. The van der Waals surface area contributed by atoms with Crippen molar-refractivity contribution in [2.45, 2.75) is 9.79 Å². The van der Waals surface area contributed by atoms with Gasteiger partial charge in [-0.2, -0.15) is 9.94 Å². The highest BCUT2D eigenvalue weighted by molar-refractivity contribution is 7.99. The second kappa shape index (κ2) is 7.84. The minimum atomic E-state index is -0.538. The lowest BCUT2D eigenvalue weighted by Gasteiger charge is -2.09. The van der Waals surface area contributed by atoms with E-state index in [-0.39, 0.29) is 11.4 Å². The van der Waals surface area contributed by atoms with Crippen molar-refractivity contribution < 1.29 is 4.74 Å². The van der Waals surface area contributed by atoms with E-state index >= 15 is 0 Å². The molecule has 0 saturated carbocycles. The van der Waals surface area contributed by atoms with Crippen LogP contribution in [-0.2, 0) is 0 Å². The Labute approximate surface area is 186 Å². The molecule has 0 spiro atoms. The van der Waals surface area contributed by atoms with E-state index in [9.17, 15) is 10.1 Å². The molecule has 150 valence electrons. The van der Waals surface area contributed by atoms with Gasteiger partial charge < -0.3 is 4.74 Å². The summed E-state index contributed by atoms with van der Waals surface area (Å²) < 4.78 is 7.03. The van der Waals surface area contributed by atoms with Gasteiger partial charge in [0.15, 0.2) is 11.4 Å². The highest BCUT2D eigenvalue weighted by atomic mass is 35.5. The number of hydrogen-bond acceptors (Lipinski definition) is 5. The third-order valence-electron chi connectivity index (χ3n) is 4.65. The summed E-state index contributed by atoms with van der Waals surface area (Å²) in [5, 5.41) is 13.1. The van der Waals surface area contributed by atoms with Crippen LogP contribution in [0.4, 0.5) is 5.69 Å². The first-order valence-corrected chi connectivity index (χ1v) is 10.5. The van der Waals surface area contributed by atoms with Crippen LogP contribution < -0.4 is 10.3 Å². The summed E-state index contributed by atoms with van der Waals surface area (Å²) in [6.45, 7) is 0. The number of H-pyrrole nitrogens is 1. The van der Waals surface area contributed by atoms with Gasteiger partial charge in [0.25, 0.3) is 5.56 Å². The maximum Gasteiger partial charge on any atom is 0.294 e. The zero-order valence-corrected chi connectivity index (χ0v) is 17.4. The monoisotopic (exact) mass is 444 g/mol. The van der Waals surface area contributed by atoms with Gasteiger partial charge in [0.1, 0.15) is 11.8 Å². The number of nitriles is 1. The lowest BCUT2D eigenvalue weighted by Crippen LogP contribution is -2.27. The van der Waals surface area contributed by atoms with Crippen molar-refractivity contribution in [3.8, 4) is 17.7 Å². The van der Waals surface area contributed by atoms with Gasteiger partial charge in [-0.1, -0.05) is 53.7 Å². The summed E-state index contributed by atoms with van der Waals surface area (Å²) >= 11 is 7.50. The van der Waals surface area contributed by atoms with Crippen LogP contribution in [0.2, 0.25) is 5.02 Å². The normalized spacial score (nSPS) is 12.2. The Morgan fingerprint density at radius 3 is 2.48 bits per heavy atom. The summed E-state index contributed by atoms with van der Waals surface area (Å²) in [5.41, 5.74) is 0.832. The van der Waals surface area contributed by atoms with Crippen molar-refractivity contribution in [3.05, 3.63) is 99.3 Å². The molecule has 0 radical (unpaired) electrons. The van der Waals surface area contributed by atoms with E-state index < -0.39 is 5.56 Å². The van der Waals surface area contributed by atoms with Crippen LogP contribution in [0.15, 0.2) is 92.4 Å². The lowest BCUT2D eigenvalue weighted by molar-refractivity contribution is 0.457. The van der Waals surface area contributed by atoms with Gasteiger partial charge in [-0.05, 0) is 42.5 Å². The third-order valence-corrected chi connectivity index (χ3v) is 6.05. The number of ether oxygens (including phenoxy) is 1. The smallest absolute Gasteiger partial charge is 0.294 e. The fourth-order valence-electron chi connectivity index (χ4n) is 3.20. The molecule has 0 bridgehead atoms. The third kappa shape index (κ3) is 3.52. The Morgan fingerprint density at radius 2 is 1.71 bits per heavy atom. The number of benzene rings is 3. The average Bonchev–Trinajstić information content (AvgIpc) is 2.99. The molecule has 0 saturated heterocycles. The van der Waals surface area contributed by atoms with E-state index in [0.717, 1.165) is 21.0 Å². The van der Waals surface area contributed by atoms with Gasteiger partial charge in [0, 0.05) is 20.4 Å². The number of para-hydroxylation sites is 1. The number of nitrogens with one attached hydrogen (secondary N) is 1. The van der Waals surface area contributed by atoms with Gasteiger partial charge in [-0.25, -0.2) is 4.99 Å². The molecule has 0 atom stereocenters. The van der Waals surface area contributed by atoms with Crippen LogP contribution in [0.5, 0.6) is 11.6 Å². The number of aromatic nitrogens is 2. The quantitative estimate of drug-likeness (QED) is 0.385. The Morgan fingerprint density at radius 1 is 1.00 bits per heavy atom. The Hall–Kier alpha value is -3.73. The SMILES string of the molecule is N#Cc1c(Oc2ccc(Cl)cc2)[nH]n(C2=Nc3ccccc3Sc3ccccc32)c1=O. The minimum absolute atomic E-state index is 0.0418. The maximum absolute atomic E-state index is 13.1. The van der Waals surface area contributed by atoms with E-state index in [4.69, 9.17) is 21.3 Å². The van der Waals surface area contributed by atoms with Crippen LogP contribution in [0.3, 0.4) is 0 Å². The van der Waals surface area contributed by atoms with E-state index in [2.05, 4.69) is 5.10 Å². The first-order chi connectivity index (χ1) is 15.1. The molecule has 1 aliphatic rings. The summed E-state index contributed by atoms with van der Waals surface area (Å²) in [6, 6.07) is 24.0. The van der Waals surface area contributed by atoms with E-state index in [1.807, 2.05) is 54.6 Å². The van der Waals surface area contributed by atoms with Gasteiger partial charge in [-0.3, -0.25) is 9.89 Å². The summed E-state index contributed by atoms with van der Waals surface area (Å²) in [7, 11) is 0. The van der Waals surface area contributed by atoms with Crippen LogP contribution in [0, 0.1) is 11.3 Å². The summed E-state index contributed by atoms with van der Waals surface area (Å²) in [6.07, 6.45) is 0. The molecular weight excluding hydrogens is 432 g/mol. The number of aromatic amines is 1. The molecule has 1 aromatic heterocycles. The molecule has 5 rings (SSSR count).